The van der Waals surface area contributed by atoms with Gasteiger partial charge in [0.2, 0.25) is 0 Å². The minimum absolute atomic E-state index is 0.0145. The van der Waals surface area contributed by atoms with E-state index < -0.39 is 18.9 Å². The Labute approximate surface area is 271 Å². The Kier molecular flexibility index (Phi) is 19.5. The van der Waals surface area contributed by atoms with Crippen LogP contribution in [0.3, 0.4) is 0 Å². The maximum Gasteiger partial charge on any atom is 0.335 e. The zero-order chi connectivity index (χ0) is 33.6. The van der Waals surface area contributed by atoms with Crippen molar-refractivity contribution in [1.29, 1.82) is 0 Å². The monoisotopic (exact) mass is 648 g/mol. The number of benzene rings is 2. The Morgan fingerprint density at radius 3 is 1.67 bits per heavy atom. The summed E-state index contributed by atoms with van der Waals surface area (Å²) in [7, 11) is 0. The van der Waals surface area contributed by atoms with Crippen molar-refractivity contribution in [1.82, 2.24) is 0 Å². The highest BCUT2D eigenvalue weighted by atomic mass is 19.1. The molecule has 0 heterocycles. The summed E-state index contributed by atoms with van der Waals surface area (Å²) in [5.41, 5.74) is 4.26. The molecule has 0 saturated carbocycles. The fourth-order valence-corrected chi connectivity index (χ4v) is 4.73. The summed E-state index contributed by atoms with van der Waals surface area (Å²) in [6.45, 7) is 5.84. The molecule has 46 heavy (non-hydrogen) atoms. The molecule has 3 N–H and O–H groups in total. The molecule has 0 bridgehead atoms. The van der Waals surface area contributed by atoms with Gasteiger partial charge in [0.05, 0.1) is 38.7 Å². The molecule has 2 aromatic rings. The summed E-state index contributed by atoms with van der Waals surface area (Å²) in [5.74, 6) is 0.507. The molecule has 0 fully saturated rings. The quantitative estimate of drug-likeness (QED) is 0.0362. The maximum absolute atomic E-state index is 12.6. The minimum atomic E-state index is -1.28. The second-order valence-corrected chi connectivity index (χ2v) is 11.0. The Hall–Kier alpha value is -3.31. The van der Waals surface area contributed by atoms with Gasteiger partial charge in [-0.2, -0.15) is 0 Å². The fourth-order valence-electron chi connectivity index (χ4n) is 4.73. The third-order valence-corrected chi connectivity index (χ3v) is 7.36. The number of carbonyl (C=O) groups is 1. The number of aliphatic hydroxyl groups is 3. The molecular formula is C36H50F2O8. The van der Waals surface area contributed by atoms with E-state index in [2.05, 4.69) is 13.2 Å². The van der Waals surface area contributed by atoms with E-state index in [4.69, 9.17) is 29.2 Å². The van der Waals surface area contributed by atoms with Crippen LogP contribution in [0.4, 0.5) is 8.78 Å². The van der Waals surface area contributed by atoms with E-state index in [0.29, 0.717) is 24.3 Å². The van der Waals surface area contributed by atoms with Crippen LogP contribution in [0.15, 0.2) is 60.7 Å². The molecule has 1 unspecified atom stereocenters. The van der Waals surface area contributed by atoms with E-state index >= 15 is 0 Å². The van der Waals surface area contributed by atoms with Crippen LogP contribution in [-0.2, 0) is 27.1 Å². The molecule has 0 aliphatic carbocycles. The Morgan fingerprint density at radius 2 is 1.20 bits per heavy atom. The van der Waals surface area contributed by atoms with Crippen LogP contribution in [0.2, 0.25) is 0 Å². The highest BCUT2D eigenvalue weighted by molar-refractivity contribution is 5.87. The van der Waals surface area contributed by atoms with Gasteiger partial charge in [-0.15, -0.1) is 0 Å². The van der Waals surface area contributed by atoms with E-state index in [1.54, 1.807) is 0 Å². The number of unbranched alkanes of at least 4 members (excludes halogenated alkanes) is 6. The van der Waals surface area contributed by atoms with Crippen molar-refractivity contribution in [3.8, 4) is 22.6 Å². The van der Waals surface area contributed by atoms with Gasteiger partial charge in [-0.1, -0.05) is 51.0 Å². The van der Waals surface area contributed by atoms with Gasteiger partial charge in [0.15, 0.2) is 6.29 Å². The van der Waals surface area contributed by atoms with Crippen molar-refractivity contribution < 1.29 is 47.8 Å². The normalized spacial score (nSPS) is 11.7. The number of hydrogen-bond donors (Lipinski definition) is 3. The second kappa shape index (κ2) is 23.1. The van der Waals surface area contributed by atoms with E-state index in [-0.39, 0.29) is 57.5 Å². The number of carbonyl (C=O) groups excluding carboxylic acids is 1. The first-order valence-electron chi connectivity index (χ1n) is 16.0. The topological polar surface area (TPSA) is 115 Å². The molecule has 0 amide bonds. The molecule has 0 saturated heterocycles. The maximum atomic E-state index is 12.6. The largest absolute Gasteiger partial charge is 0.491 e. The third-order valence-electron chi connectivity index (χ3n) is 7.36. The molecule has 0 aromatic heterocycles. The van der Waals surface area contributed by atoms with Gasteiger partial charge in [-0.25, -0.2) is 4.79 Å². The van der Waals surface area contributed by atoms with E-state index in [9.17, 15) is 18.7 Å². The number of esters is 1. The summed E-state index contributed by atoms with van der Waals surface area (Å²) < 4.78 is 47.5. The lowest BCUT2D eigenvalue weighted by Gasteiger charge is -2.18. The van der Waals surface area contributed by atoms with Gasteiger partial charge in [0.1, 0.15) is 31.3 Å². The number of halogens is 2. The van der Waals surface area contributed by atoms with Crippen molar-refractivity contribution in [2.24, 2.45) is 0 Å². The molecule has 2 aromatic carbocycles. The average Bonchev–Trinajstić information content (AvgIpc) is 3.08. The van der Waals surface area contributed by atoms with Crippen LogP contribution in [0.5, 0.6) is 11.5 Å². The van der Waals surface area contributed by atoms with Crippen molar-refractivity contribution in [3.63, 3.8) is 0 Å². The predicted octanol–water partition coefficient (Wildman–Crippen LogP) is 6.23. The smallest absolute Gasteiger partial charge is 0.335 e. The fraction of sp³-hybridized carbons (Fsp3) is 0.528. The zero-order valence-corrected chi connectivity index (χ0v) is 26.8. The lowest BCUT2D eigenvalue weighted by atomic mass is 9.90. The summed E-state index contributed by atoms with van der Waals surface area (Å²) in [5, 5.41) is 28.0. The van der Waals surface area contributed by atoms with Gasteiger partial charge < -0.3 is 34.3 Å². The summed E-state index contributed by atoms with van der Waals surface area (Å²) in [4.78, 5) is 11.8. The standard InChI is InChI=1S/C36H50F2O8/c1-27(25-39)35(41)45-21-19-43-31-15-13-29(11-7-3-5-9-17-37)33(23-31)34-24-32(44-20-22-46-36(42)28(2)26-40)16-14-30(34)12-8-4-6-10-18-38/h13-16,23-24,35,39-41H,1-12,17-22,25-26H2. The van der Waals surface area contributed by atoms with Crippen molar-refractivity contribution in [3.05, 3.63) is 71.8 Å². The third kappa shape index (κ3) is 14.4. The van der Waals surface area contributed by atoms with Crippen LogP contribution < -0.4 is 9.47 Å². The zero-order valence-electron chi connectivity index (χ0n) is 26.8. The van der Waals surface area contributed by atoms with Crippen LogP contribution in [-0.4, -0.2) is 80.6 Å². The number of hydrogen-bond acceptors (Lipinski definition) is 8. The first kappa shape index (κ1) is 38.9. The summed E-state index contributed by atoms with van der Waals surface area (Å²) in [6, 6.07) is 11.7. The molecule has 0 radical (unpaired) electrons. The van der Waals surface area contributed by atoms with Gasteiger partial charge in [-0.05, 0) is 85.0 Å². The van der Waals surface area contributed by atoms with E-state index in [1.165, 1.54) is 0 Å². The average molecular weight is 649 g/mol. The molecule has 256 valence electrons. The van der Waals surface area contributed by atoms with Gasteiger partial charge in [-0.3, -0.25) is 8.78 Å². The number of aryl methyl sites for hydroxylation is 2. The lowest BCUT2D eigenvalue weighted by Crippen LogP contribution is -2.20. The first-order chi connectivity index (χ1) is 22.3. The van der Waals surface area contributed by atoms with Gasteiger partial charge in [0.25, 0.3) is 0 Å². The summed E-state index contributed by atoms with van der Waals surface area (Å²) >= 11 is 0. The Morgan fingerprint density at radius 1 is 0.696 bits per heavy atom. The first-order valence-corrected chi connectivity index (χ1v) is 16.0. The molecule has 0 aliphatic heterocycles. The molecule has 0 spiro atoms. The molecular weight excluding hydrogens is 598 g/mol. The van der Waals surface area contributed by atoms with Crippen molar-refractivity contribution >= 4 is 5.97 Å². The van der Waals surface area contributed by atoms with Crippen LogP contribution in [0.25, 0.3) is 11.1 Å². The second-order valence-electron chi connectivity index (χ2n) is 11.0. The van der Waals surface area contributed by atoms with Crippen molar-refractivity contribution in [2.45, 2.75) is 70.5 Å². The van der Waals surface area contributed by atoms with E-state index in [1.807, 2.05) is 36.4 Å². The van der Waals surface area contributed by atoms with Gasteiger partial charge >= 0.3 is 5.97 Å². The SMILES string of the molecule is C=C(CO)C(=O)OCCOc1ccc(CCCCCCF)c(-c2cc(OCCOC(O)C(=C)CO)ccc2CCCCCCF)c1. The highest BCUT2D eigenvalue weighted by Crippen LogP contribution is 2.35. The number of alkyl halides is 2. The van der Waals surface area contributed by atoms with Crippen LogP contribution in [0.1, 0.15) is 62.5 Å². The van der Waals surface area contributed by atoms with Crippen molar-refractivity contribution in [2.75, 3.05) is 53.0 Å². The lowest BCUT2D eigenvalue weighted by molar-refractivity contribution is -0.140. The molecule has 8 nitrogen and oxygen atoms in total. The Balaban J connectivity index is 2.31. The van der Waals surface area contributed by atoms with E-state index in [0.717, 1.165) is 73.6 Å². The highest BCUT2D eigenvalue weighted by Gasteiger charge is 2.15. The van der Waals surface area contributed by atoms with Crippen LogP contribution >= 0.6 is 0 Å². The number of aliphatic hydroxyl groups excluding tert-OH is 3. The number of ether oxygens (including phenoxy) is 4. The minimum Gasteiger partial charge on any atom is -0.491 e. The molecule has 2 rings (SSSR count). The molecule has 1 atom stereocenters. The van der Waals surface area contributed by atoms with Crippen LogP contribution in [0, 0.1) is 0 Å². The predicted molar refractivity (Wildman–Crippen MR) is 175 cm³/mol. The molecule has 0 aliphatic rings. The molecule has 10 heteroatoms. The summed E-state index contributed by atoms with van der Waals surface area (Å²) in [6.07, 6.45) is 6.65. The number of rotatable bonds is 26. The Bertz CT molecular complexity index is 1200. The van der Waals surface area contributed by atoms with Gasteiger partial charge in [0, 0.05) is 5.57 Å².